The Morgan fingerprint density at radius 1 is 1.38 bits per heavy atom. The van der Waals surface area contributed by atoms with Crippen LogP contribution in [0.3, 0.4) is 0 Å². The van der Waals surface area contributed by atoms with Gasteiger partial charge < -0.3 is 5.11 Å². The normalized spacial score (nSPS) is 14.0. The first kappa shape index (κ1) is 16.8. The van der Waals surface area contributed by atoms with E-state index in [-0.39, 0.29) is 11.5 Å². The van der Waals surface area contributed by atoms with E-state index < -0.39 is 11.7 Å². The molecule has 3 heterocycles. The smallest absolute Gasteiger partial charge is 0.279 e. The number of nitrogens with zero attached hydrogens (tertiary/aromatic N) is 4. The molecule has 1 aliphatic rings. The van der Waals surface area contributed by atoms with Gasteiger partial charge in [0.25, 0.3) is 5.91 Å². The summed E-state index contributed by atoms with van der Waals surface area (Å²) in [5, 5.41) is 13.9. The lowest BCUT2D eigenvalue weighted by molar-refractivity contribution is -0.112. The summed E-state index contributed by atoms with van der Waals surface area (Å²) in [7, 11) is 0. The zero-order valence-corrected chi connectivity index (χ0v) is 15.5. The number of carbonyl (C=O) groups is 1. The summed E-state index contributed by atoms with van der Waals surface area (Å²) in [5.74, 6) is -1.05. The van der Waals surface area contributed by atoms with Gasteiger partial charge in [-0.15, -0.1) is 11.3 Å². The molecule has 0 spiro atoms. The van der Waals surface area contributed by atoms with Crippen molar-refractivity contribution in [3.05, 3.63) is 55.3 Å². The Morgan fingerprint density at radius 2 is 2.19 bits per heavy atom. The van der Waals surface area contributed by atoms with E-state index in [1.807, 2.05) is 19.2 Å². The Bertz CT molecular complexity index is 1240. The molecule has 0 fully saturated rings. The van der Waals surface area contributed by atoms with Crippen LogP contribution < -0.4 is 15.4 Å². The molecule has 0 saturated carbocycles. The van der Waals surface area contributed by atoms with Crippen LogP contribution in [0.15, 0.2) is 33.6 Å². The van der Waals surface area contributed by atoms with E-state index in [1.165, 1.54) is 29.5 Å². The second kappa shape index (κ2) is 6.26. The number of rotatable bonds is 3. The van der Waals surface area contributed by atoms with Crippen LogP contribution in [0.5, 0.6) is 5.88 Å². The lowest BCUT2D eigenvalue weighted by atomic mass is 10.1. The monoisotopic (exact) mass is 388 g/mol. The third-order valence-corrected chi connectivity index (χ3v) is 5.83. The minimum atomic E-state index is -0.498. The fraction of sp³-hybridized carbons (Fsp3) is 0.176. The van der Waals surface area contributed by atoms with E-state index in [2.05, 4.69) is 15.0 Å². The number of fused-ring (bicyclic) bond motifs is 1. The van der Waals surface area contributed by atoms with Gasteiger partial charge in [0.1, 0.15) is 10.7 Å². The largest absolute Gasteiger partial charge is 0.493 e. The molecule has 0 aliphatic carbocycles. The van der Waals surface area contributed by atoms with Crippen LogP contribution in [0.1, 0.15) is 17.5 Å². The van der Waals surface area contributed by atoms with Crippen molar-refractivity contribution < 1.29 is 14.3 Å². The van der Waals surface area contributed by atoms with Crippen LogP contribution in [-0.4, -0.2) is 20.6 Å². The molecule has 0 unspecified atom stereocenters. The summed E-state index contributed by atoms with van der Waals surface area (Å²) >= 11 is 2.55. The van der Waals surface area contributed by atoms with Gasteiger partial charge in [0.05, 0.1) is 16.6 Å². The van der Waals surface area contributed by atoms with Crippen LogP contribution >= 0.6 is 22.7 Å². The summed E-state index contributed by atoms with van der Waals surface area (Å²) in [4.78, 5) is 26.0. The van der Waals surface area contributed by atoms with Crippen LogP contribution in [0.25, 0.3) is 5.57 Å². The zero-order chi connectivity index (χ0) is 18.4. The molecule has 4 rings (SSSR count). The Morgan fingerprint density at radius 3 is 2.88 bits per heavy atom. The molecule has 3 aromatic rings. The highest BCUT2D eigenvalue weighted by Crippen LogP contribution is 2.29. The van der Waals surface area contributed by atoms with E-state index in [0.29, 0.717) is 31.9 Å². The molecule has 1 N–H and O–H groups in total. The van der Waals surface area contributed by atoms with E-state index in [4.69, 9.17) is 0 Å². The summed E-state index contributed by atoms with van der Waals surface area (Å²) < 4.78 is 15.3. The van der Waals surface area contributed by atoms with Crippen molar-refractivity contribution in [3.63, 3.8) is 0 Å². The highest BCUT2D eigenvalue weighted by Gasteiger charge is 2.25. The summed E-state index contributed by atoms with van der Waals surface area (Å²) in [6.45, 7) is 4.20. The number of aromatic hydroxyl groups is 1. The number of amides is 1. The lowest BCUT2D eigenvalue weighted by Crippen LogP contribution is -2.23. The molecule has 0 atom stereocenters. The maximum Gasteiger partial charge on any atom is 0.279 e. The van der Waals surface area contributed by atoms with Crippen LogP contribution in [-0.2, 0) is 11.3 Å². The van der Waals surface area contributed by atoms with Crippen molar-refractivity contribution in [3.8, 4) is 5.88 Å². The Hall–Kier alpha value is -2.65. The second-order valence-electron chi connectivity index (χ2n) is 5.62. The van der Waals surface area contributed by atoms with Crippen molar-refractivity contribution in [1.29, 1.82) is 0 Å². The first-order valence-electron chi connectivity index (χ1n) is 7.80. The van der Waals surface area contributed by atoms with Gasteiger partial charge in [-0.3, -0.25) is 9.36 Å². The fourth-order valence-corrected chi connectivity index (χ4v) is 4.58. The highest BCUT2D eigenvalue weighted by atomic mass is 32.1. The maximum absolute atomic E-state index is 13.7. The van der Waals surface area contributed by atoms with Crippen molar-refractivity contribution in [2.45, 2.75) is 20.4 Å². The van der Waals surface area contributed by atoms with Crippen LogP contribution in [0, 0.1) is 12.7 Å². The predicted octanol–water partition coefficient (Wildman–Crippen LogP) is 1.77. The van der Waals surface area contributed by atoms with Gasteiger partial charge in [-0.1, -0.05) is 11.3 Å². The molecule has 132 valence electrons. The summed E-state index contributed by atoms with van der Waals surface area (Å²) in [5.41, 5.74) is 1.06. The number of hydrogen-bond acceptors (Lipinski definition) is 6. The van der Waals surface area contributed by atoms with E-state index in [9.17, 15) is 14.3 Å². The third-order valence-electron chi connectivity index (χ3n) is 3.89. The molecule has 0 saturated heterocycles. The van der Waals surface area contributed by atoms with E-state index in [1.54, 1.807) is 4.57 Å². The third kappa shape index (κ3) is 2.69. The summed E-state index contributed by atoms with van der Waals surface area (Å²) in [6.07, 6.45) is 0. The van der Waals surface area contributed by atoms with Gasteiger partial charge in [-0.25, -0.2) is 14.4 Å². The topological polar surface area (TPSA) is 79.8 Å². The average Bonchev–Trinajstić information content (AvgIpc) is 3.23. The molecule has 0 bridgehead atoms. The first-order valence-corrected chi connectivity index (χ1v) is 9.50. The molecule has 9 heteroatoms. The molecular weight excluding hydrogens is 375 g/mol. The van der Waals surface area contributed by atoms with E-state index in [0.717, 1.165) is 17.0 Å². The second-order valence-corrected chi connectivity index (χ2v) is 7.43. The number of carbonyl (C=O) groups excluding carboxylic acids is 1. The van der Waals surface area contributed by atoms with Gasteiger partial charge >= 0.3 is 0 Å². The Kier molecular flexibility index (Phi) is 4.04. The lowest BCUT2D eigenvalue weighted by Gasteiger charge is -2.01. The number of halogens is 1. The fourth-order valence-electron chi connectivity index (χ4n) is 2.72. The molecule has 26 heavy (non-hydrogen) atoms. The van der Waals surface area contributed by atoms with Crippen LogP contribution in [0.4, 0.5) is 9.52 Å². The number of benzene rings is 1. The van der Waals surface area contributed by atoms with Crippen LogP contribution in [0.2, 0.25) is 0 Å². The molecule has 6 nitrogen and oxygen atoms in total. The SMILES string of the molecule is CCn1c(O)c(C2=c3cc(F)ccc3=NC2=O)s/c1=N/c1nc(C)cs1. The first-order chi connectivity index (χ1) is 12.5. The van der Waals surface area contributed by atoms with Crippen molar-refractivity contribution in [2.75, 3.05) is 0 Å². The number of thiazole rings is 2. The molecule has 2 aromatic heterocycles. The Balaban J connectivity index is 2.00. The maximum atomic E-state index is 13.7. The molecule has 1 amide bonds. The number of hydrogen-bond donors (Lipinski definition) is 1. The molecule has 1 aliphatic heterocycles. The summed E-state index contributed by atoms with van der Waals surface area (Å²) in [6, 6.07) is 3.97. The molecule has 0 radical (unpaired) electrons. The van der Waals surface area contributed by atoms with Gasteiger partial charge in [0.2, 0.25) is 11.0 Å². The minimum absolute atomic E-state index is 0.0832. The molecular formula is C17H13FN4O2S2. The molecule has 1 aromatic carbocycles. The van der Waals surface area contributed by atoms with E-state index >= 15 is 0 Å². The Labute approximate surface area is 155 Å². The highest BCUT2D eigenvalue weighted by molar-refractivity contribution is 7.13. The van der Waals surface area contributed by atoms with Gasteiger partial charge in [-0.05, 0) is 32.0 Å². The van der Waals surface area contributed by atoms with Crippen molar-refractivity contribution >= 4 is 39.3 Å². The number of aryl methyl sites for hydroxylation is 1. The minimum Gasteiger partial charge on any atom is -0.493 e. The zero-order valence-electron chi connectivity index (χ0n) is 13.9. The number of aromatic nitrogens is 2. The van der Waals surface area contributed by atoms with Gasteiger partial charge in [0.15, 0.2) is 4.80 Å². The predicted molar refractivity (Wildman–Crippen MR) is 96.4 cm³/mol. The standard InChI is InChI=1S/C17H13FN4O2S2/c1-3-22-15(24)13(26-17(22)21-16-19-8(2)7-25-16)12-10-6-9(18)4-5-11(10)20-14(12)23/h4-7,24H,3H2,1-2H3/b21-17+. The van der Waals surface area contributed by atoms with Gasteiger partial charge in [-0.2, -0.15) is 4.99 Å². The van der Waals surface area contributed by atoms with Gasteiger partial charge in [0, 0.05) is 17.1 Å². The average molecular weight is 388 g/mol. The van der Waals surface area contributed by atoms with Crippen molar-refractivity contribution in [2.24, 2.45) is 9.98 Å². The quantitative estimate of drug-likeness (QED) is 0.743. The van der Waals surface area contributed by atoms with Crippen molar-refractivity contribution in [1.82, 2.24) is 9.55 Å².